The van der Waals surface area contributed by atoms with Crippen molar-refractivity contribution in [3.05, 3.63) is 90.2 Å². The Kier molecular flexibility index (Phi) is 6.21. The zero-order valence-corrected chi connectivity index (χ0v) is 18.1. The van der Waals surface area contributed by atoms with Gasteiger partial charge in [-0.3, -0.25) is 9.59 Å². The fourth-order valence-corrected chi connectivity index (χ4v) is 4.34. The third-order valence-electron chi connectivity index (χ3n) is 5.69. The summed E-state index contributed by atoms with van der Waals surface area (Å²) < 4.78 is 18.9. The van der Waals surface area contributed by atoms with Gasteiger partial charge in [0.25, 0.3) is 5.91 Å². The fraction of sp³-hybridized carbons (Fsp3) is 0.231. The third kappa shape index (κ3) is 4.35. The first-order valence-electron chi connectivity index (χ1n) is 10.6. The van der Waals surface area contributed by atoms with E-state index < -0.39 is 0 Å². The molecule has 0 spiro atoms. The van der Waals surface area contributed by atoms with E-state index in [4.69, 9.17) is 4.74 Å². The lowest BCUT2D eigenvalue weighted by molar-refractivity contribution is -0.121. The number of halogens is 1. The summed E-state index contributed by atoms with van der Waals surface area (Å²) in [4.78, 5) is 29.3. The predicted molar refractivity (Wildman–Crippen MR) is 122 cm³/mol. The molecule has 3 aromatic rings. The number of carbonyl (C=O) groups is 2. The first-order valence-corrected chi connectivity index (χ1v) is 10.6. The van der Waals surface area contributed by atoms with Crippen LogP contribution >= 0.6 is 0 Å². The van der Waals surface area contributed by atoms with Crippen LogP contribution in [0.25, 0.3) is 0 Å². The quantitative estimate of drug-likeness (QED) is 0.562. The number of hydrogen-bond acceptors (Lipinski definition) is 3. The van der Waals surface area contributed by atoms with Crippen molar-refractivity contribution < 1.29 is 18.7 Å². The highest BCUT2D eigenvalue weighted by atomic mass is 19.1. The summed E-state index contributed by atoms with van der Waals surface area (Å²) in [5.74, 6) is -0.185. The summed E-state index contributed by atoms with van der Waals surface area (Å²) in [5.41, 5.74) is 2.49. The summed E-state index contributed by atoms with van der Waals surface area (Å²) >= 11 is 0. The molecule has 0 bridgehead atoms. The number of nitrogens with zero attached hydrogens (tertiary/aromatic N) is 2. The van der Waals surface area contributed by atoms with Crippen molar-refractivity contribution in [1.82, 2.24) is 0 Å². The second-order valence-corrected chi connectivity index (χ2v) is 7.89. The first-order chi connectivity index (χ1) is 15.5. The van der Waals surface area contributed by atoms with Crippen LogP contribution in [0.15, 0.2) is 78.9 Å². The van der Waals surface area contributed by atoms with Gasteiger partial charge in [0.05, 0.1) is 6.04 Å². The van der Waals surface area contributed by atoms with E-state index in [-0.39, 0.29) is 36.3 Å². The molecule has 0 fully saturated rings. The molecule has 1 aliphatic heterocycles. The lowest BCUT2D eigenvalue weighted by Gasteiger charge is -2.43. The highest BCUT2D eigenvalue weighted by molar-refractivity contribution is 5.98. The normalized spacial score (nSPS) is 17.4. The highest BCUT2D eigenvalue weighted by Gasteiger charge is 2.37. The number of hydrogen-bond donors (Lipinski definition) is 0. The van der Waals surface area contributed by atoms with Crippen LogP contribution in [0.2, 0.25) is 0 Å². The Balaban J connectivity index is 1.69. The third-order valence-corrected chi connectivity index (χ3v) is 5.69. The molecule has 164 valence electrons. The molecule has 5 nitrogen and oxygen atoms in total. The number of rotatable bonds is 5. The summed E-state index contributed by atoms with van der Waals surface area (Å²) in [6, 6.07) is 22.4. The van der Waals surface area contributed by atoms with Crippen molar-refractivity contribution >= 4 is 23.2 Å². The van der Waals surface area contributed by atoms with Crippen LogP contribution in [0.5, 0.6) is 5.75 Å². The molecule has 0 N–H and O–H groups in total. The van der Waals surface area contributed by atoms with E-state index in [1.165, 1.54) is 24.3 Å². The van der Waals surface area contributed by atoms with Crippen molar-refractivity contribution in [2.45, 2.75) is 32.4 Å². The van der Waals surface area contributed by atoms with Crippen molar-refractivity contribution in [1.29, 1.82) is 0 Å². The van der Waals surface area contributed by atoms with Gasteiger partial charge in [0.1, 0.15) is 11.6 Å². The zero-order chi connectivity index (χ0) is 22.7. The monoisotopic (exact) mass is 432 g/mol. The Hall–Kier alpha value is -3.67. The lowest BCUT2D eigenvalue weighted by atomic mass is 9.90. The Morgan fingerprint density at radius 2 is 1.66 bits per heavy atom. The minimum absolute atomic E-state index is 0.0272. The molecule has 1 aliphatic rings. The van der Waals surface area contributed by atoms with Crippen molar-refractivity contribution in [2.24, 2.45) is 0 Å². The zero-order valence-electron chi connectivity index (χ0n) is 18.1. The molecular formula is C26H25FN2O3. The Labute approximate surface area is 187 Å². The largest absolute Gasteiger partial charge is 0.484 e. The molecule has 0 aliphatic carbocycles. The van der Waals surface area contributed by atoms with Gasteiger partial charge in [0.15, 0.2) is 6.61 Å². The van der Waals surface area contributed by atoms with Gasteiger partial charge in [-0.2, -0.15) is 0 Å². The smallest absolute Gasteiger partial charge is 0.265 e. The maximum Gasteiger partial charge on any atom is 0.265 e. The molecular weight excluding hydrogens is 407 g/mol. The topological polar surface area (TPSA) is 49.9 Å². The SMILES string of the molecule is CC(=O)N1c2ccccc2[C@@H](N(C(=O)COc2ccc(F)cc2)c2ccccc2)C[C@H]1C. The number of amides is 2. The summed E-state index contributed by atoms with van der Waals surface area (Å²) in [5, 5.41) is 0. The van der Waals surface area contributed by atoms with E-state index in [1.54, 1.807) is 16.7 Å². The van der Waals surface area contributed by atoms with E-state index >= 15 is 0 Å². The summed E-state index contributed by atoms with van der Waals surface area (Å²) in [6.07, 6.45) is 0.591. The summed E-state index contributed by atoms with van der Waals surface area (Å²) in [6.45, 7) is 3.36. The number of para-hydroxylation sites is 2. The van der Waals surface area contributed by atoms with Crippen LogP contribution in [0.3, 0.4) is 0 Å². The molecule has 6 heteroatoms. The molecule has 1 heterocycles. The van der Waals surface area contributed by atoms with E-state index in [2.05, 4.69) is 0 Å². The predicted octanol–water partition coefficient (Wildman–Crippen LogP) is 5.12. The second kappa shape index (κ2) is 9.22. The highest BCUT2D eigenvalue weighted by Crippen LogP contribution is 2.42. The van der Waals surface area contributed by atoms with Crippen molar-refractivity contribution in [2.75, 3.05) is 16.4 Å². The average molecular weight is 432 g/mol. The maximum atomic E-state index is 13.5. The molecule has 0 radical (unpaired) electrons. The van der Waals surface area contributed by atoms with Gasteiger partial charge in [-0.05, 0) is 61.4 Å². The fourth-order valence-electron chi connectivity index (χ4n) is 4.34. The molecule has 4 rings (SSSR count). The van der Waals surface area contributed by atoms with E-state index in [9.17, 15) is 14.0 Å². The first kappa shape index (κ1) is 21.6. The van der Waals surface area contributed by atoms with Gasteiger partial charge in [-0.25, -0.2) is 4.39 Å². The molecule has 3 aromatic carbocycles. The molecule has 32 heavy (non-hydrogen) atoms. The number of anilines is 2. The standard InChI is InChI=1S/C26H25FN2O3/c1-18-16-25(23-10-6-7-11-24(23)28(18)19(2)30)29(21-8-4-3-5-9-21)26(31)17-32-22-14-12-20(27)13-15-22/h3-15,18,25H,16-17H2,1-2H3/t18-,25+/m1/s1. The second-order valence-electron chi connectivity index (χ2n) is 7.89. The van der Waals surface area contributed by atoms with E-state index in [0.29, 0.717) is 12.2 Å². The maximum absolute atomic E-state index is 13.5. The van der Waals surface area contributed by atoms with Gasteiger partial charge in [0, 0.05) is 24.3 Å². The van der Waals surface area contributed by atoms with Crippen molar-refractivity contribution in [3.8, 4) is 5.75 Å². The average Bonchev–Trinajstić information content (AvgIpc) is 2.79. The van der Waals surface area contributed by atoms with Gasteiger partial charge in [-0.1, -0.05) is 36.4 Å². The molecule has 2 amide bonds. The van der Waals surface area contributed by atoms with Crippen LogP contribution in [0.1, 0.15) is 31.9 Å². The number of benzene rings is 3. The molecule has 2 atom stereocenters. The number of fused-ring (bicyclic) bond motifs is 1. The minimum atomic E-state index is -0.364. The van der Waals surface area contributed by atoms with E-state index in [0.717, 1.165) is 16.9 Å². The van der Waals surface area contributed by atoms with Gasteiger partial charge in [0.2, 0.25) is 5.91 Å². The molecule has 0 aromatic heterocycles. The van der Waals surface area contributed by atoms with Gasteiger partial charge in [-0.15, -0.1) is 0 Å². The molecule has 0 saturated heterocycles. The lowest BCUT2D eigenvalue weighted by Crippen LogP contribution is -2.48. The Bertz CT molecular complexity index is 1100. The summed E-state index contributed by atoms with van der Waals surface area (Å²) in [7, 11) is 0. The molecule has 0 saturated carbocycles. The molecule has 0 unspecified atom stereocenters. The van der Waals surface area contributed by atoms with Crippen LogP contribution in [0, 0.1) is 5.82 Å². The number of carbonyl (C=O) groups excluding carboxylic acids is 2. The Morgan fingerprint density at radius 3 is 2.34 bits per heavy atom. The van der Waals surface area contributed by atoms with Crippen LogP contribution in [0.4, 0.5) is 15.8 Å². The van der Waals surface area contributed by atoms with Crippen LogP contribution < -0.4 is 14.5 Å². The van der Waals surface area contributed by atoms with Crippen LogP contribution in [-0.4, -0.2) is 24.5 Å². The number of ether oxygens (including phenoxy) is 1. The van der Waals surface area contributed by atoms with Gasteiger partial charge >= 0.3 is 0 Å². The minimum Gasteiger partial charge on any atom is -0.484 e. The van der Waals surface area contributed by atoms with Gasteiger partial charge < -0.3 is 14.5 Å². The van der Waals surface area contributed by atoms with E-state index in [1.807, 2.05) is 61.5 Å². The van der Waals surface area contributed by atoms with Crippen molar-refractivity contribution in [3.63, 3.8) is 0 Å². The Morgan fingerprint density at radius 1 is 1.00 bits per heavy atom. The van der Waals surface area contributed by atoms with Crippen LogP contribution in [-0.2, 0) is 9.59 Å².